The first kappa shape index (κ1) is 13.8. The van der Waals surface area contributed by atoms with E-state index in [1.165, 1.54) is 0 Å². The summed E-state index contributed by atoms with van der Waals surface area (Å²) in [4.78, 5) is 0. The monoisotopic (exact) mass is 262 g/mol. The summed E-state index contributed by atoms with van der Waals surface area (Å²) in [6.45, 7) is 0. The van der Waals surface area contributed by atoms with E-state index in [0.717, 1.165) is 27.7 Å². The summed E-state index contributed by atoms with van der Waals surface area (Å²) in [7, 11) is 1.67. The Balaban J connectivity index is 0.000000516. The first-order valence-electron chi connectivity index (χ1n) is 5.04. The second-order valence-electron chi connectivity index (χ2n) is 3.46. The Kier molecular flexibility index (Phi) is 4.52. The zero-order valence-corrected chi connectivity index (χ0v) is 10.5. The summed E-state index contributed by atoms with van der Waals surface area (Å²) in [5.41, 5.74) is 1.82. The zero-order valence-electron chi connectivity index (χ0n) is 9.66. The van der Waals surface area contributed by atoms with Crippen molar-refractivity contribution in [2.75, 3.05) is 7.11 Å². The van der Waals surface area contributed by atoms with Crippen molar-refractivity contribution in [1.29, 1.82) is 10.8 Å². The van der Waals surface area contributed by atoms with Gasteiger partial charge >= 0.3 is 0 Å². The summed E-state index contributed by atoms with van der Waals surface area (Å²) in [6.07, 6.45) is 0. The number of para-hydroxylation sites is 1. The van der Waals surface area contributed by atoms with Crippen LogP contribution < -0.4 is 4.74 Å². The summed E-state index contributed by atoms with van der Waals surface area (Å²) < 4.78 is 10.9. The molecule has 0 radical (unpaired) electrons. The largest absolute Gasteiger partial charge is 0.497 e. The molecule has 1 heterocycles. The Morgan fingerprint density at radius 2 is 1.61 bits per heavy atom. The van der Waals surface area contributed by atoms with Crippen molar-refractivity contribution >= 4 is 34.3 Å². The molecule has 1 aromatic heterocycles. The molecule has 4 nitrogen and oxygen atoms in total. The van der Waals surface area contributed by atoms with E-state index < -0.39 is 0 Å². The van der Waals surface area contributed by atoms with E-state index in [1.807, 2.05) is 36.4 Å². The summed E-state index contributed by atoms with van der Waals surface area (Å²) >= 11 is 0. The Morgan fingerprint density at radius 1 is 0.944 bits per heavy atom. The molecule has 0 aliphatic heterocycles. The number of nitrogens with zero attached hydrogens (tertiary/aromatic N) is 2. The molecule has 18 heavy (non-hydrogen) atoms. The van der Waals surface area contributed by atoms with Crippen LogP contribution in [-0.4, -0.2) is 7.11 Å². The van der Waals surface area contributed by atoms with Crippen molar-refractivity contribution in [2.24, 2.45) is 0 Å². The number of hydrogen-bond donors (Lipinski definition) is 0. The van der Waals surface area contributed by atoms with E-state index in [4.69, 9.17) is 19.9 Å². The van der Waals surface area contributed by atoms with Gasteiger partial charge < -0.3 is 9.15 Å². The molecule has 0 saturated heterocycles. The summed E-state index contributed by atoms with van der Waals surface area (Å²) in [6, 6.07) is 13.9. The SMILES string of the molecule is COc1ccc2oc3ccccc3c2c1.Cl.N#N. The zero-order chi connectivity index (χ0) is 12.3. The minimum Gasteiger partial charge on any atom is -0.497 e. The van der Waals surface area contributed by atoms with Crippen LogP contribution in [-0.2, 0) is 0 Å². The van der Waals surface area contributed by atoms with Gasteiger partial charge in [0.1, 0.15) is 16.9 Å². The van der Waals surface area contributed by atoms with Crippen molar-refractivity contribution < 1.29 is 9.15 Å². The van der Waals surface area contributed by atoms with Crippen LogP contribution in [0.4, 0.5) is 0 Å². The number of rotatable bonds is 1. The summed E-state index contributed by atoms with van der Waals surface area (Å²) in [5, 5.41) is 14.2. The third kappa shape index (κ3) is 2.22. The molecule has 0 bridgehead atoms. The van der Waals surface area contributed by atoms with Gasteiger partial charge in [0, 0.05) is 21.6 Å². The molecule has 0 aliphatic rings. The molecule has 0 saturated carbocycles. The standard InChI is InChI=1S/C13H10O2.ClH.N2/c1-14-9-6-7-13-11(8-9)10-4-2-3-5-12(10)15-13;;1-2/h2-8H,1H3;1H;. The van der Waals surface area contributed by atoms with Crippen molar-refractivity contribution in [3.05, 3.63) is 42.5 Å². The lowest BCUT2D eigenvalue weighted by atomic mass is 10.1. The molecule has 0 amide bonds. The second kappa shape index (κ2) is 5.89. The van der Waals surface area contributed by atoms with E-state index in [2.05, 4.69) is 6.07 Å². The van der Waals surface area contributed by atoms with Crippen LogP contribution in [0.5, 0.6) is 5.75 Å². The highest BCUT2D eigenvalue weighted by Gasteiger charge is 2.06. The van der Waals surface area contributed by atoms with Gasteiger partial charge in [-0.3, -0.25) is 0 Å². The third-order valence-corrected chi connectivity index (χ3v) is 2.58. The molecule has 0 unspecified atom stereocenters. The quantitative estimate of drug-likeness (QED) is 0.620. The highest BCUT2D eigenvalue weighted by molar-refractivity contribution is 6.05. The van der Waals surface area contributed by atoms with E-state index in [0.29, 0.717) is 0 Å². The Labute approximate surface area is 110 Å². The van der Waals surface area contributed by atoms with Crippen LogP contribution in [0.2, 0.25) is 0 Å². The number of benzene rings is 2. The topological polar surface area (TPSA) is 69.9 Å². The molecule has 2 aromatic carbocycles. The van der Waals surface area contributed by atoms with Gasteiger partial charge in [0.25, 0.3) is 0 Å². The molecule has 0 N–H and O–H groups in total. The fourth-order valence-corrected chi connectivity index (χ4v) is 1.83. The molecule has 3 rings (SSSR count). The predicted octanol–water partition coefficient (Wildman–Crippen LogP) is 4.05. The van der Waals surface area contributed by atoms with Crippen LogP contribution in [0.25, 0.3) is 21.9 Å². The van der Waals surface area contributed by atoms with E-state index >= 15 is 0 Å². The Morgan fingerprint density at radius 3 is 2.33 bits per heavy atom. The number of ether oxygens (including phenoxy) is 1. The van der Waals surface area contributed by atoms with Crippen molar-refractivity contribution in [2.45, 2.75) is 0 Å². The van der Waals surface area contributed by atoms with Crippen LogP contribution in [0.1, 0.15) is 0 Å². The third-order valence-electron chi connectivity index (χ3n) is 2.58. The molecule has 0 aliphatic carbocycles. The molecular formula is C13H11ClN2O2. The molecule has 3 aromatic rings. The van der Waals surface area contributed by atoms with Crippen molar-refractivity contribution in [3.63, 3.8) is 0 Å². The van der Waals surface area contributed by atoms with Gasteiger partial charge in [0.05, 0.1) is 7.11 Å². The van der Waals surface area contributed by atoms with E-state index in [9.17, 15) is 0 Å². The minimum atomic E-state index is 0. The fraction of sp³-hybridized carbons (Fsp3) is 0.0769. The number of furan rings is 1. The van der Waals surface area contributed by atoms with Gasteiger partial charge in [0.2, 0.25) is 0 Å². The maximum absolute atomic E-state index is 6.00. The number of hydrogen-bond acceptors (Lipinski definition) is 4. The van der Waals surface area contributed by atoms with Gasteiger partial charge in [0.15, 0.2) is 0 Å². The molecule has 5 heteroatoms. The fourth-order valence-electron chi connectivity index (χ4n) is 1.83. The van der Waals surface area contributed by atoms with Crippen LogP contribution in [0.15, 0.2) is 46.9 Å². The van der Waals surface area contributed by atoms with Gasteiger partial charge in [-0.15, -0.1) is 12.4 Å². The maximum Gasteiger partial charge on any atom is 0.135 e. The average Bonchev–Trinajstić information content (AvgIpc) is 2.78. The minimum absolute atomic E-state index is 0. The second-order valence-corrected chi connectivity index (χ2v) is 3.46. The van der Waals surface area contributed by atoms with E-state index in [-0.39, 0.29) is 12.4 Å². The lowest BCUT2D eigenvalue weighted by Gasteiger charge is -1.97. The van der Waals surface area contributed by atoms with E-state index in [1.54, 1.807) is 7.11 Å². The predicted molar refractivity (Wildman–Crippen MR) is 71.0 cm³/mol. The molecule has 0 fully saturated rings. The van der Waals surface area contributed by atoms with Gasteiger partial charge in [-0.1, -0.05) is 18.2 Å². The Bertz CT molecular complexity index is 676. The first-order chi connectivity index (χ1) is 8.38. The molecule has 0 atom stereocenters. The highest BCUT2D eigenvalue weighted by Crippen LogP contribution is 2.30. The first-order valence-corrected chi connectivity index (χ1v) is 5.04. The molecule has 92 valence electrons. The smallest absolute Gasteiger partial charge is 0.135 e. The van der Waals surface area contributed by atoms with Crippen molar-refractivity contribution in [1.82, 2.24) is 0 Å². The normalized spacial score (nSPS) is 9.28. The average molecular weight is 263 g/mol. The van der Waals surface area contributed by atoms with Crippen LogP contribution in [0.3, 0.4) is 0 Å². The number of halogens is 1. The number of fused-ring (bicyclic) bond motifs is 3. The van der Waals surface area contributed by atoms with Crippen LogP contribution >= 0.6 is 12.4 Å². The lowest BCUT2D eigenvalue weighted by molar-refractivity contribution is 0.415. The highest BCUT2D eigenvalue weighted by atomic mass is 35.5. The summed E-state index contributed by atoms with van der Waals surface area (Å²) in [5.74, 6) is 0.856. The molecule has 0 spiro atoms. The maximum atomic E-state index is 6.00. The lowest BCUT2D eigenvalue weighted by Crippen LogP contribution is -1.80. The molecular weight excluding hydrogens is 252 g/mol. The van der Waals surface area contributed by atoms with Gasteiger partial charge in [-0.05, 0) is 24.3 Å². The number of methoxy groups -OCH3 is 1. The Hall–Kier alpha value is -2.25. The van der Waals surface area contributed by atoms with Gasteiger partial charge in [-0.25, -0.2) is 0 Å². The van der Waals surface area contributed by atoms with Gasteiger partial charge in [-0.2, -0.15) is 0 Å². The van der Waals surface area contributed by atoms with Crippen molar-refractivity contribution in [3.8, 4) is 5.75 Å². The van der Waals surface area contributed by atoms with Crippen LogP contribution in [0, 0.1) is 10.8 Å².